The highest BCUT2D eigenvalue weighted by Gasteiger charge is 2.02. The number of nitrogens with one attached hydrogen (secondary N) is 1. The molecule has 0 bridgehead atoms. The van der Waals surface area contributed by atoms with E-state index in [9.17, 15) is 0 Å². The zero-order valence-electron chi connectivity index (χ0n) is 9.55. The zero-order chi connectivity index (χ0) is 11.7. The molecule has 0 aromatic carbocycles. The van der Waals surface area contributed by atoms with E-state index in [0.717, 1.165) is 18.0 Å². The average Bonchev–Trinajstić information content (AvgIpc) is 2.95. The second-order valence-corrected chi connectivity index (χ2v) is 4.74. The Kier molecular flexibility index (Phi) is 2.57. The molecule has 1 N–H and O–H groups in total. The fourth-order valence-corrected chi connectivity index (χ4v) is 2.70. The standard InChI is InChI=1S/C13H13N3S/c1-10-8-17-9-11(10)7-15-13-4-2-3-12-14-5-6-16(12)13/h2-6,8-9,15H,7H2,1H3. The summed E-state index contributed by atoms with van der Waals surface area (Å²) in [7, 11) is 0. The molecule has 3 nitrogen and oxygen atoms in total. The molecule has 0 aliphatic heterocycles. The molecule has 3 heterocycles. The molecule has 3 aromatic heterocycles. The van der Waals surface area contributed by atoms with Gasteiger partial charge in [-0.3, -0.25) is 4.40 Å². The van der Waals surface area contributed by atoms with Crippen molar-refractivity contribution in [1.82, 2.24) is 9.38 Å². The Labute approximate surface area is 104 Å². The number of hydrogen-bond acceptors (Lipinski definition) is 3. The van der Waals surface area contributed by atoms with E-state index in [1.807, 2.05) is 24.5 Å². The van der Waals surface area contributed by atoms with Gasteiger partial charge in [0.05, 0.1) is 0 Å². The van der Waals surface area contributed by atoms with Crippen LogP contribution in [-0.2, 0) is 6.54 Å². The molecule has 4 heteroatoms. The first-order chi connectivity index (χ1) is 8.34. The molecule has 3 aromatic rings. The Morgan fingerprint density at radius 1 is 1.35 bits per heavy atom. The van der Waals surface area contributed by atoms with Crippen LogP contribution in [0.15, 0.2) is 41.4 Å². The topological polar surface area (TPSA) is 29.3 Å². The average molecular weight is 243 g/mol. The lowest BCUT2D eigenvalue weighted by atomic mass is 10.2. The van der Waals surface area contributed by atoms with E-state index in [-0.39, 0.29) is 0 Å². The van der Waals surface area contributed by atoms with Crippen molar-refractivity contribution in [3.05, 3.63) is 52.5 Å². The molecule has 0 unspecified atom stereocenters. The molecule has 17 heavy (non-hydrogen) atoms. The van der Waals surface area contributed by atoms with Crippen molar-refractivity contribution in [2.24, 2.45) is 0 Å². The lowest BCUT2D eigenvalue weighted by Gasteiger charge is -2.08. The van der Waals surface area contributed by atoms with Crippen molar-refractivity contribution >= 4 is 22.8 Å². The van der Waals surface area contributed by atoms with Gasteiger partial charge < -0.3 is 5.32 Å². The van der Waals surface area contributed by atoms with E-state index in [0.29, 0.717) is 0 Å². The summed E-state index contributed by atoms with van der Waals surface area (Å²) in [5, 5.41) is 7.81. The number of thiophene rings is 1. The number of nitrogens with zero attached hydrogens (tertiary/aromatic N) is 2. The molecule has 0 saturated heterocycles. The van der Waals surface area contributed by atoms with Crippen LogP contribution < -0.4 is 5.32 Å². The Morgan fingerprint density at radius 2 is 2.29 bits per heavy atom. The van der Waals surface area contributed by atoms with Crippen LogP contribution in [0.2, 0.25) is 0 Å². The minimum atomic E-state index is 0.854. The maximum absolute atomic E-state index is 4.27. The van der Waals surface area contributed by atoms with Gasteiger partial charge in [0.2, 0.25) is 0 Å². The third kappa shape index (κ3) is 1.91. The van der Waals surface area contributed by atoms with Gasteiger partial charge in [-0.1, -0.05) is 6.07 Å². The quantitative estimate of drug-likeness (QED) is 0.764. The summed E-state index contributed by atoms with van der Waals surface area (Å²) < 4.78 is 2.06. The van der Waals surface area contributed by atoms with Crippen molar-refractivity contribution in [3.63, 3.8) is 0 Å². The van der Waals surface area contributed by atoms with E-state index in [2.05, 4.69) is 38.5 Å². The molecule has 0 spiro atoms. The monoisotopic (exact) mass is 243 g/mol. The summed E-state index contributed by atoms with van der Waals surface area (Å²) in [5.41, 5.74) is 3.67. The third-order valence-corrected chi connectivity index (χ3v) is 3.76. The van der Waals surface area contributed by atoms with E-state index < -0.39 is 0 Å². The molecule has 0 atom stereocenters. The fourth-order valence-electron chi connectivity index (χ4n) is 1.85. The van der Waals surface area contributed by atoms with Crippen molar-refractivity contribution in [1.29, 1.82) is 0 Å². The molecule has 3 rings (SSSR count). The molecule has 0 aliphatic rings. The highest BCUT2D eigenvalue weighted by atomic mass is 32.1. The number of aryl methyl sites for hydroxylation is 1. The van der Waals surface area contributed by atoms with Gasteiger partial charge in [0, 0.05) is 18.9 Å². The predicted molar refractivity (Wildman–Crippen MR) is 71.6 cm³/mol. The smallest absolute Gasteiger partial charge is 0.138 e. The summed E-state index contributed by atoms with van der Waals surface area (Å²) >= 11 is 1.75. The number of rotatable bonds is 3. The summed E-state index contributed by atoms with van der Waals surface area (Å²) in [6.07, 6.45) is 3.79. The van der Waals surface area contributed by atoms with Gasteiger partial charge in [-0.05, 0) is 40.9 Å². The summed E-state index contributed by atoms with van der Waals surface area (Å²) in [4.78, 5) is 4.27. The first-order valence-electron chi connectivity index (χ1n) is 5.52. The Morgan fingerprint density at radius 3 is 3.12 bits per heavy atom. The van der Waals surface area contributed by atoms with Crippen LogP contribution in [-0.4, -0.2) is 9.38 Å². The minimum absolute atomic E-state index is 0.854. The Hall–Kier alpha value is -1.81. The third-order valence-electron chi connectivity index (χ3n) is 2.85. The summed E-state index contributed by atoms with van der Waals surface area (Å²) in [6.45, 7) is 3.00. The van der Waals surface area contributed by atoms with Gasteiger partial charge in [0.1, 0.15) is 11.5 Å². The molecule has 0 fully saturated rings. The Bertz CT molecular complexity index is 639. The lowest BCUT2D eigenvalue weighted by molar-refractivity contribution is 1.07. The minimum Gasteiger partial charge on any atom is -0.367 e. The van der Waals surface area contributed by atoms with Crippen LogP contribution in [0.3, 0.4) is 0 Å². The molecule has 0 amide bonds. The molecule has 86 valence electrons. The first-order valence-corrected chi connectivity index (χ1v) is 6.46. The number of anilines is 1. The number of aromatic nitrogens is 2. The van der Waals surface area contributed by atoms with Crippen molar-refractivity contribution < 1.29 is 0 Å². The highest BCUT2D eigenvalue weighted by Crippen LogP contribution is 2.16. The normalized spacial score (nSPS) is 10.9. The second-order valence-electron chi connectivity index (χ2n) is 4.00. The van der Waals surface area contributed by atoms with Gasteiger partial charge in [0.25, 0.3) is 0 Å². The van der Waals surface area contributed by atoms with Crippen LogP contribution >= 0.6 is 11.3 Å². The summed E-state index contributed by atoms with van der Waals surface area (Å²) in [6, 6.07) is 6.09. The highest BCUT2D eigenvalue weighted by molar-refractivity contribution is 7.08. The van der Waals surface area contributed by atoms with Gasteiger partial charge in [0.15, 0.2) is 0 Å². The van der Waals surface area contributed by atoms with Crippen LogP contribution in [0.1, 0.15) is 11.1 Å². The molecular formula is C13H13N3S. The molecular weight excluding hydrogens is 230 g/mol. The van der Waals surface area contributed by atoms with E-state index in [4.69, 9.17) is 0 Å². The first kappa shape index (κ1) is 10.4. The number of imidazole rings is 1. The van der Waals surface area contributed by atoms with Gasteiger partial charge >= 0.3 is 0 Å². The predicted octanol–water partition coefficient (Wildman–Crippen LogP) is 3.32. The molecule has 0 radical (unpaired) electrons. The maximum Gasteiger partial charge on any atom is 0.138 e. The van der Waals surface area contributed by atoms with Crippen molar-refractivity contribution in [3.8, 4) is 0 Å². The van der Waals surface area contributed by atoms with Crippen LogP contribution in [0.5, 0.6) is 0 Å². The van der Waals surface area contributed by atoms with E-state index in [1.165, 1.54) is 11.1 Å². The SMILES string of the molecule is Cc1cscc1CNc1cccc2nccn12. The Balaban J connectivity index is 1.86. The van der Waals surface area contributed by atoms with Gasteiger partial charge in [-0.2, -0.15) is 11.3 Å². The van der Waals surface area contributed by atoms with Crippen LogP contribution in [0.4, 0.5) is 5.82 Å². The number of hydrogen-bond donors (Lipinski definition) is 1. The van der Waals surface area contributed by atoms with Crippen LogP contribution in [0, 0.1) is 6.92 Å². The van der Waals surface area contributed by atoms with Gasteiger partial charge in [-0.15, -0.1) is 0 Å². The maximum atomic E-state index is 4.27. The number of pyridine rings is 1. The zero-order valence-corrected chi connectivity index (χ0v) is 10.4. The fraction of sp³-hybridized carbons (Fsp3) is 0.154. The van der Waals surface area contributed by atoms with Gasteiger partial charge in [-0.25, -0.2) is 4.98 Å². The molecule has 0 aliphatic carbocycles. The lowest BCUT2D eigenvalue weighted by Crippen LogP contribution is -2.03. The van der Waals surface area contributed by atoms with Crippen molar-refractivity contribution in [2.75, 3.05) is 5.32 Å². The van der Waals surface area contributed by atoms with Crippen LogP contribution in [0.25, 0.3) is 5.65 Å². The van der Waals surface area contributed by atoms with E-state index in [1.54, 1.807) is 11.3 Å². The van der Waals surface area contributed by atoms with E-state index >= 15 is 0 Å². The summed E-state index contributed by atoms with van der Waals surface area (Å²) in [5.74, 6) is 1.07. The second kappa shape index (κ2) is 4.22. The number of fused-ring (bicyclic) bond motifs is 1. The van der Waals surface area contributed by atoms with Crippen molar-refractivity contribution in [2.45, 2.75) is 13.5 Å². The molecule has 0 saturated carbocycles. The largest absolute Gasteiger partial charge is 0.367 e.